The van der Waals surface area contributed by atoms with Crippen LogP contribution in [0.3, 0.4) is 0 Å². The summed E-state index contributed by atoms with van der Waals surface area (Å²) in [5.41, 5.74) is 0.868. The first-order chi connectivity index (χ1) is 6.77. The Morgan fingerprint density at radius 2 is 2.21 bits per heavy atom. The van der Waals surface area contributed by atoms with Crippen molar-refractivity contribution in [3.8, 4) is 5.75 Å². The van der Waals surface area contributed by atoms with Gasteiger partial charge in [-0.3, -0.25) is 0 Å². The average Bonchev–Trinajstić information content (AvgIpc) is 2.23. The smallest absolute Gasteiger partial charge is 0.165 e. The van der Waals surface area contributed by atoms with Crippen LogP contribution in [0, 0.1) is 5.82 Å². The number of benzene rings is 1. The molecule has 0 unspecified atom stereocenters. The number of hydrogen-bond acceptors (Lipinski definition) is 3. The molecule has 3 nitrogen and oxygen atoms in total. The third-order valence-electron chi connectivity index (χ3n) is 2.42. The Kier molecular flexibility index (Phi) is 2.65. The molecule has 0 radical (unpaired) electrons. The van der Waals surface area contributed by atoms with E-state index in [0.717, 1.165) is 25.2 Å². The van der Waals surface area contributed by atoms with Gasteiger partial charge in [0.05, 0.1) is 0 Å². The van der Waals surface area contributed by atoms with Gasteiger partial charge in [-0.15, -0.1) is 0 Å². The molecule has 0 amide bonds. The van der Waals surface area contributed by atoms with Crippen LogP contribution in [0.15, 0.2) is 18.2 Å². The van der Waals surface area contributed by atoms with Crippen molar-refractivity contribution in [2.24, 2.45) is 0 Å². The van der Waals surface area contributed by atoms with Gasteiger partial charge in [-0.25, -0.2) is 4.39 Å². The highest BCUT2D eigenvalue weighted by Crippen LogP contribution is 2.21. The Morgan fingerprint density at radius 1 is 1.36 bits per heavy atom. The van der Waals surface area contributed by atoms with Crippen molar-refractivity contribution in [1.82, 2.24) is 10.6 Å². The third-order valence-corrected chi connectivity index (χ3v) is 2.42. The van der Waals surface area contributed by atoms with E-state index in [1.54, 1.807) is 6.07 Å². The van der Waals surface area contributed by atoms with Crippen LogP contribution in [-0.4, -0.2) is 24.7 Å². The van der Waals surface area contributed by atoms with E-state index in [9.17, 15) is 4.39 Å². The highest BCUT2D eigenvalue weighted by Gasteiger charge is 2.15. The summed E-state index contributed by atoms with van der Waals surface area (Å²) >= 11 is 0. The van der Waals surface area contributed by atoms with Gasteiger partial charge in [0.2, 0.25) is 0 Å². The van der Waals surface area contributed by atoms with Crippen molar-refractivity contribution in [2.75, 3.05) is 19.6 Å². The second-order valence-electron chi connectivity index (χ2n) is 3.42. The van der Waals surface area contributed by atoms with Crippen LogP contribution in [-0.2, 0) is 0 Å². The summed E-state index contributed by atoms with van der Waals surface area (Å²) in [5.74, 6) is -0.854. The molecule has 1 aromatic carbocycles. The van der Waals surface area contributed by atoms with E-state index >= 15 is 0 Å². The van der Waals surface area contributed by atoms with Crippen LogP contribution < -0.4 is 10.6 Å². The molecule has 1 aromatic rings. The van der Waals surface area contributed by atoms with Gasteiger partial charge in [0.1, 0.15) is 0 Å². The summed E-state index contributed by atoms with van der Waals surface area (Å²) in [6.45, 7) is 2.62. The zero-order valence-corrected chi connectivity index (χ0v) is 7.76. The van der Waals surface area contributed by atoms with E-state index in [1.165, 1.54) is 12.1 Å². The van der Waals surface area contributed by atoms with E-state index in [4.69, 9.17) is 5.11 Å². The Hall–Kier alpha value is -1.13. The number of phenols is 1. The molecule has 4 heteroatoms. The fourth-order valence-electron chi connectivity index (χ4n) is 1.63. The van der Waals surface area contributed by atoms with Gasteiger partial charge in [0, 0.05) is 25.7 Å². The summed E-state index contributed by atoms with van der Waals surface area (Å²) in [6, 6.07) is 4.64. The number of aromatic hydroxyl groups is 1. The lowest BCUT2D eigenvalue weighted by Gasteiger charge is -2.24. The molecule has 1 aliphatic heterocycles. The first kappa shape index (κ1) is 9.43. The van der Waals surface area contributed by atoms with Gasteiger partial charge in [0.15, 0.2) is 11.6 Å². The fraction of sp³-hybridized carbons (Fsp3) is 0.400. The summed E-state index contributed by atoms with van der Waals surface area (Å²) in [5, 5.41) is 15.5. The number of phenolic OH excluding ortho intramolecular Hbond substituents is 1. The van der Waals surface area contributed by atoms with E-state index < -0.39 is 5.82 Å². The Balaban J connectivity index is 2.18. The average molecular weight is 196 g/mol. The molecule has 14 heavy (non-hydrogen) atoms. The van der Waals surface area contributed by atoms with Gasteiger partial charge < -0.3 is 15.7 Å². The van der Waals surface area contributed by atoms with E-state index in [1.807, 2.05) is 0 Å². The maximum Gasteiger partial charge on any atom is 0.165 e. The van der Waals surface area contributed by atoms with Gasteiger partial charge >= 0.3 is 0 Å². The Bertz CT molecular complexity index is 324. The summed E-state index contributed by atoms with van der Waals surface area (Å²) in [4.78, 5) is 0. The molecule has 1 saturated heterocycles. The molecule has 76 valence electrons. The highest BCUT2D eigenvalue weighted by atomic mass is 19.1. The number of halogens is 1. The molecule has 0 aliphatic carbocycles. The van der Waals surface area contributed by atoms with Crippen molar-refractivity contribution in [1.29, 1.82) is 0 Å². The topological polar surface area (TPSA) is 44.3 Å². The van der Waals surface area contributed by atoms with Crippen LogP contribution in [0.25, 0.3) is 0 Å². The van der Waals surface area contributed by atoms with Crippen LogP contribution in [0.4, 0.5) is 4.39 Å². The lowest BCUT2D eigenvalue weighted by atomic mass is 10.1. The normalized spacial score (nSPS) is 22.2. The van der Waals surface area contributed by atoms with Crippen molar-refractivity contribution in [2.45, 2.75) is 6.04 Å². The molecule has 1 heterocycles. The lowest BCUT2D eigenvalue weighted by Crippen LogP contribution is -2.42. The number of hydrogen-bond donors (Lipinski definition) is 3. The Morgan fingerprint density at radius 3 is 2.86 bits per heavy atom. The largest absolute Gasteiger partial charge is 0.505 e. The zero-order chi connectivity index (χ0) is 9.97. The molecular formula is C10H13FN2O. The van der Waals surface area contributed by atoms with Gasteiger partial charge in [0.25, 0.3) is 0 Å². The molecular weight excluding hydrogens is 183 g/mol. The molecule has 0 saturated carbocycles. The number of rotatable bonds is 1. The molecule has 3 N–H and O–H groups in total. The maximum absolute atomic E-state index is 13.0. The van der Waals surface area contributed by atoms with E-state index in [0.29, 0.717) is 0 Å². The molecule has 0 aromatic heterocycles. The predicted octanol–water partition coefficient (Wildman–Crippen LogP) is 0.765. The standard InChI is InChI=1S/C10H13FN2O/c11-8-5-7(1-2-10(8)14)9-6-12-3-4-13-9/h1-2,5,9,12-14H,3-4,6H2/t9-/m1/s1. The van der Waals surface area contributed by atoms with Crippen molar-refractivity contribution in [3.63, 3.8) is 0 Å². The molecule has 1 aliphatic rings. The minimum Gasteiger partial charge on any atom is -0.505 e. The number of nitrogens with one attached hydrogen (secondary N) is 2. The van der Waals surface area contributed by atoms with Crippen molar-refractivity contribution < 1.29 is 9.50 Å². The van der Waals surface area contributed by atoms with Crippen molar-refractivity contribution >= 4 is 0 Å². The van der Waals surface area contributed by atoms with E-state index in [-0.39, 0.29) is 11.8 Å². The molecule has 0 bridgehead atoms. The fourth-order valence-corrected chi connectivity index (χ4v) is 1.63. The third kappa shape index (κ3) is 1.86. The summed E-state index contributed by atoms with van der Waals surface area (Å²) in [7, 11) is 0. The monoisotopic (exact) mass is 196 g/mol. The zero-order valence-electron chi connectivity index (χ0n) is 7.76. The van der Waals surface area contributed by atoms with Crippen molar-refractivity contribution in [3.05, 3.63) is 29.6 Å². The van der Waals surface area contributed by atoms with Crippen LogP contribution in [0.1, 0.15) is 11.6 Å². The second kappa shape index (κ2) is 3.94. The van der Waals surface area contributed by atoms with Crippen LogP contribution in [0.5, 0.6) is 5.75 Å². The summed E-state index contributed by atoms with van der Waals surface area (Å²) in [6.07, 6.45) is 0. The highest BCUT2D eigenvalue weighted by molar-refractivity contribution is 5.30. The summed E-state index contributed by atoms with van der Waals surface area (Å²) < 4.78 is 13.0. The van der Waals surface area contributed by atoms with Gasteiger partial charge in [-0.2, -0.15) is 0 Å². The predicted molar refractivity (Wildman–Crippen MR) is 51.7 cm³/mol. The van der Waals surface area contributed by atoms with Gasteiger partial charge in [-0.1, -0.05) is 6.07 Å². The number of piperazine rings is 1. The molecule has 2 rings (SSSR count). The quantitative estimate of drug-likeness (QED) is 0.621. The lowest BCUT2D eigenvalue weighted by molar-refractivity contribution is 0.417. The maximum atomic E-state index is 13.0. The molecule has 1 atom stereocenters. The van der Waals surface area contributed by atoms with Crippen LogP contribution in [0.2, 0.25) is 0 Å². The Labute approximate surface area is 81.9 Å². The van der Waals surface area contributed by atoms with Gasteiger partial charge in [-0.05, 0) is 17.7 Å². The minimum atomic E-state index is -0.560. The molecule has 0 spiro atoms. The van der Waals surface area contributed by atoms with E-state index in [2.05, 4.69) is 10.6 Å². The second-order valence-corrected chi connectivity index (χ2v) is 3.42. The molecule has 1 fully saturated rings. The SMILES string of the molecule is Oc1ccc([C@H]2CNCCN2)cc1F. The minimum absolute atomic E-state index is 0.138. The first-order valence-corrected chi connectivity index (χ1v) is 4.70. The van der Waals surface area contributed by atoms with Crippen LogP contribution >= 0.6 is 0 Å². The first-order valence-electron chi connectivity index (χ1n) is 4.70.